The van der Waals surface area contributed by atoms with E-state index >= 15 is 0 Å². The number of benzene rings is 2. The molecule has 1 saturated heterocycles. The number of nitrogens with zero attached hydrogens (tertiary/aromatic N) is 3. The maximum absolute atomic E-state index is 12.6. The van der Waals surface area contributed by atoms with Crippen molar-refractivity contribution < 1.29 is 28.7 Å². The highest BCUT2D eigenvalue weighted by Gasteiger charge is 2.26. The summed E-state index contributed by atoms with van der Waals surface area (Å²) in [6.45, 7) is 7.05. The maximum atomic E-state index is 12.6. The highest BCUT2D eigenvalue weighted by Crippen LogP contribution is 2.28. The van der Waals surface area contributed by atoms with Crippen molar-refractivity contribution in [2.24, 2.45) is 5.10 Å². The average molecular weight is 514 g/mol. The van der Waals surface area contributed by atoms with Crippen molar-refractivity contribution in [3.63, 3.8) is 0 Å². The molecule has 0 radical (unpaired) electrons. The van der Waals surface area contributed by atoms with Gasteiger partial charge in [0.15, 0.2) is 18.1 Å². The van der Waals surface area contributed by atoms with Gasteiger partial charge in [0.2, 0.25) is 0 Å². The smallest absolute Gasteiger partial charge is 0.293 e. The summed E-state index contributed by atoms with van der Waals surface area (Å²) < 4.78 is 16.7. The van der Waals surface area contributed by atoms with Gasteiger partial charge in [-0.1, -0.05) is 0 Å². The zero-order valence-corrected chi connectivity index (χ0v) is 21.2. The molecule has 2 amide bonds. The fraction of sp³-hybridized carbons (Fsp3) is 0.400. The summed E-state index contributed by atoms with van der Waals surface area (Å²) in [6.07, 6.45) is 1.33. The van der Waals surface area contributed by atoms with Gasteiger partial charge in [0.1, 0.15) is 5.69 Å². The molecule has 12 heteroatoms. The number of nitro benzene ring substituents is 1. The number of hydrazone groups is 1. The molecule has 0 aliphatic carbocycles. The Morgan fingerprint density at radius 3 is 2.57 bits per heavy atom. The predicted molar refractivity (Wildman–Crippen MR) is 137 cm³/mol. The second kappa shape index (κ2) is 12.7. The van der Waals surface area contributed by atoms with Crippen molar-refractivity contribution in [2.45, 2.75) is 33.0 Å². The Kier molecular flexibility index (Phi) is 9.39. The maximum Gasteiger partial charge on any atom is 0.293 e. The number of anilines is 1. The molecule has 0 bridgehead atoms. The monoisotopic (exact) mass is 513 g/mol. The summed E-state index contributed by atoms with van der Waals surface area (Å²) in [7, 11) is 1.47. The van der Waals surface area contributed by atoms with Crippen LogP contribution < -0.4 is 20.2 Å². The summed E-state index contributed by atoms with van der Waals surface area (Å²) in [4.78, 5) is 37.5. The molecule has 2 atom stereocenters. The van der Waals surface area contributed by atoms with Gasteiger partial charge in [0.05, 0.1) is 30.5 Å². The third kappa shape index (κ3) is 7.40. The third-order valence-electron chi connectivity index (χ3n) is 5.51. The number of nitrogens with one attached hydrogen (secondary N) is 2. The van der Waals surface area contributed by atoms with Crippen LogP contribution in [0.25, 0.3) is 0 Å². The molecule has 2 N–H and O–H groups in total. The first-order valence-corrected chi connectivity index (χ1v) is 11.8. The third-order valence-corrected chi connectivity index (χ3v) is 5.51. The van der Waals surface area contributed by atoms with Crippen LogP contribution in [0.2, 0.25) is 0 Å². The lowest BCUT2D eigenvalue weighted by molar-refractivity contribution is -0.384. The quantitative estimate of drug-likeness (QED) is 0.280. The summed E-state index contributed by atoms with van der Waals surface area (Å²) in [5, 5.41) is 18.1. The Morgan fingerprint density at radius 1 is 1.19 bits per heavy atom. The van der Waals surface area contributed by atoms with E-state index in [1.54, 1.807) is 23.1 Å². The normalized spacial score (nSPS) is 17.4. The van der Waals surface area contributed by atoms with Crippen LogP contribution in [0.15, 0.2) is 41.5 Å². The molecule has 37 heavy (non-hydrogen) atoms. The Labute approximate surface area is 214 Å². The number of carbonyl (C=O) groups excluding carboxylic acids is 2. The average Bonchev–Trinajstić information content (AvgIpc) is 2.87. The zero-order chi connectivity index (χ0) is 26.9. The van der Waals surface area contributed by atoms with Crippen LogP contribution in [0.1, 0.15) is 36.7 Å². The molecule has 198 valence electrons. The number of hydrogen-bond donors (Lipinski definition) is 2. The van der Waals surface area contributed by atoms with Gasteiger partial charge in [-0.05, 0) is 56.7 Å². The Bertz CT molecular complexity index is 1160. The molecule has 0 spiro atoms. The minimum Gasteiger partial charge on any atom is -0.493 e. The minimum atomic E-state index is -0.598. The summed E-state index contributed by atoms with van der Waals surface area (Å²) in [6, 6.07) is 9.12. The van der Waals surface area contributed by atoms with Crippen molar-refractivity contribution in [3.8, 4) is 11.5 Å². The fourth-order valence-electron chi connectivity index (χ4n) is 3.89. The van der Waals surface area contributed by atoms with E-state index in [-0.39, 0.29) is 36.0 Å². The fourth-order valence-corrected chi connectivity index (χ4v) is 3.89. The molecule has 1 fully saturated rings. The minimum absolute atomic E-state index is 0.0335. The van der Waals surface area contributed by atoms with E-state index < -0.39 is 10.8 Å². The first-order valence-electron chi connectivity index (χ1n) is 11.8. The van der Waals surface area contributed by atoms with Crippen LogP contribution in [0.5, 0.6) is 11.5 Å². The van der Waals surface area contributed by atoms with E-state index in [4.69, 9.17) is 14.2 Å². The summed E-state index contributed by atoms with van der Waals surface area (Å²) >= 11 is 0. The lowest BCUT2D eigenvalue weighted by atomic mass is 10.1. The van der Waals surface area contributed by atoms with Gasteiger partial charge in [0, 0.05) is 31.3 Å². The van der Waals surface area contributed by atoms with Gasteiger partial charge in [-0.25, -0.2) is 5.43 Å². The zero-order valence-electron chi connectivity index (χ0n) is 21.2. The van der Waals surface area contributed by atoms with Crippen LogP contribution >= 0.6 is 0 Å². The van der Waals surface area contributed by atoms with Crippen LogP contribution in [0.4, 0.5) is 11.4 Å². The molecular weight excluding hydrogens is 482 g/mol. The van der Waals surface area contributed by atoms with Crippen LogP contribution in [-0.4, -0.2) is 73.4 Å². The molecule has 1 heterocycles. The van der Waals surface area contributed by atoms with E-state index in [0.29, 0.717) is 42.4 Å². The molecule has 0 unspecified atom stereocenters. The number of morpholine rings is 1. The standard InChI is InChI=1S/C25H31N5O7/c1-5-26-20-8-7-19(11-21(20)30(33)34)25(32)28-27-12-18-6-9-22(23(10-18)35-4)36-15-24(31)29-13-16(2)37-17(3)14-29/h6-12,16-17,26H,5,13-15H2,1-4H3,(H,28,32)/b27-12-/t16-,17-/m0/s1. The number of methoxy groups -OCH3 is 1. The van der Waals surface area contributed by atoms with Gasteiger partial charge >= 0.3 is 0 Å². The Morgan fingerprint density at radius 2 is 1.92 bits per heavy atom. The van der Waals surface area contributed by atoms with Crippen LogP contribution in [0, 0.1) is 10.1 Å². The van der Waals surface area contributed by atoms with Crippen molar-refractivity contribution in [2.75, 3.05) is 38.7 Å². The molecule has 0 aromatic heterocycles. The molecule has 1 aliphatic heterocycles. The second-order valence-electron chi connectivity index (χ2n) is 8.47. The lowest BCUT2D eigenvalue weighted by Gasteiger charge is -2.35. The lowest BCUT2D eigenvalue weighted by Crippen LogP contribution is -2.49. The Hall–Kier alpha value is -4.19. The molecule has 1 aliphatic rings. The van der Waals surface area contributed by atoms with E-state index in [1.165, 1.54) is 31.5 Å². The van der Waals surface area contributed by atoms with E-state index in [2.05, 4.69) is 15.8 Å². The summed E-state index contributed by atoms with van der Waals surface area (Å²) in [5.41, 5.74) is 3.18. The first kappa shape index (κ1) is 27.4. The molecule has 2 aromatic carbocycles. The Balaban J connectivity index is 1.60. The van der Waals surface area contributed by atoms with Crippen molar-refractivity contribution in [1.82, 2.24) is 10.3 Å². The summed E-state index contributed by atoms with van der Waals surface area (Å²) in [5.74, 6) is 0.0386. The highest BCUT2D eigenvalue weighted by molar-refractivity contribution is 5.96. The van der Waals surface area contributed by atoms with Gasteiger partial charge in [0.25, 0.3) is 17.5 Å². The number of amides is 2. The van der Waals surface area contributed by atoms with Gasteiger partial charge in [-0.15, -0.1) is 0 Å². The van der Waals surface area contributed by atoms with Crippen LogP contribution in [-0.2, 0) is 9.53 Å². The number of nitro groups is 1. The molecule has 2 aromatic rings. The number of hydrogen-bond acceptors (Lipinski definition) is 9. The number of rotatable bonds is 10. The molecule has 3 rings (SSSR count). The number of carbonyl (C=O) groups is 2. The van der Waals surface area contributed by atoms with Crippen molar-refractivity contribution in [1.29, 1.82) is 0 Å². The number of ether oxygens (including phenoxy) is 3. The first-order chi connectivity index (χ1) is 17.7. The largest absolute Gasteiger partial charge is 0.493 e. The van der Waals surface area contributed by atoms with E-state index in [9.17, 15) is 19.7 Å². The molecule has 12 nitrogen and oxygen atoms in total. The molecular formula is C25H31N5O7. The highest BCUT2D eigenvalue weighted by atomic mass is 16.6. The van der Waals surface area contributed by atoms with Gasteiger partial charge in [-0.3, -0.25) is 19.7 Å². The van der Waals surface area contributed by atoms with Crippen LogP contribution in [0.3, 0.4) is 0 Å². The van der Waals surface area contributed by atoms with Gasteiger partial charge < -0.3 is 24.4 Å². The van der Waals surface area contributed by atoms with Crippen molar-refractivity contribution >= 4 is 29.4 Å². The topological polar surface area (TPSA) is 145 Å². The van der Waals surface area contributed by atoms with Gasteiger partial charge in [-0.2, -0.15) is 5.10 Å². The second-order valence-corrected chi connectivity index (χ2v) is 8.47. The van der Waals surface area contributed by atoms with E-state index in [0.717, 1.165) is 0 Å². The van der Waals surface area contributed by atoms with E-state index in [1.807, 2.05) is 20.8 Å². The SMILES string of the molecule is CCNc1ccc(C(=O)N/N=C\c2ccc(OCC(=O)N3C[C@H](C)O[C@@H](C)C3)c(OC)c2)cc1[N+](=O)[O-]. The predicted octanol–water partition coefficient (Wildman–Crippen LogP) is 2.81. The van der Waals surface area contributed by atoms with Crippen molar-refractivity contribution in [3.05, 3.63) is 57.6 Å². The molecule has 0 saturated carbocycles.